The molecule has 1 aromatic carbocycles. The van der Waals surface area contributed by atoms with Crippen LogP contribution in [0, 0.1) is 11.8 Å². The van der Waals surface area contributed by atoms with E-state index in [1.54, 1.807) is 17.0 Å². The molecular weight excluding hydrogens is 390 g/mol. The number of carbonyl (C=O) groups is 2. The molecule has 2 aliphatic rings. The molecule has 2 saturated heterocycles. The fourth-order valence-electron chi connectivity index (χ4n) is 4.78. The highest BCUT2D eigenvalue weighted by molar-refractivity contribution is 5.91. The van der Waals surface area contributed by atoms with E-state index < -0.39 is 0 Å². The third-order valence-corrected chi connectivity index (χ3v) is 6.59. The van der Waals surface area contributed by atoms with Gasteiger partial charge < -0.3 is 14.6 Å². The van der Waals surface area contributed by atoms with Crippen molar-refractivity contribution in [3.8, 4) is 0 Å². The maximum Gasteiger partial charge on any atom is 0.289 e. The lowest BCUT2D eigenvalue weighted by Gasteiger charge is -2.32. The summed E-state index contributed by atoms with van der Waals surface area (Å²) in [6, 6.07) is 11.8. The molecule has 2 fully saturated rings. The number of furan rings is 1. The van der Waals surface area contributed by atoms with Gasteiger partial charge in [0.05, 0.1) is 6.26 Å². The van der Waals surface area contributed by atoms with Gasteiger partial charge in [0.1, 0.15) is 0 Å². The number of hydrogen-bond acceptors (Lipinski definition) is 4. The quantitative estimate of drug-likeness (QED) is 0.770. The Balaban J connectivity index is 1.27. The Bertz CT molecular complexity index is 872. The summed E-state index contributed by atoms with van der Waals surface area (Å²) >= 11 is 0. The summed E-state index contributed by atoms with van der Waals surface area (Å²) in [6.45, 7) is 7.30. The summed E-state index contributed by atoms with van der Waals surface area (Å²) in [5.74, 6) is 1.07. The van der Waals surface area contributed by atoms with E-state index in [9.17, 15) is 9.59 Å². The van der Waals surface area contributed by atoms with Crippen molar-refractivity contribution in [2.45, 2.75) is 45.7 Å². The molecule has 3 heterocycles. The minimum atomic E-state index is -0.0928. The van der Waals surface area contributed by atoms with E-state index in [4.69, 9.17) is 4.42 Å². The Morgan fingerprint density at radius 3 is 2.52 bits per heavy atom. The maximum atomic E-state index is 12.8. The number of hydrogen-bond donors (Lipinski definition) is 1. The molecule has 1 atom stereocenters. The Morgan fingerprint density at radius 2 is 1.81 bits per heavy atom. The van der Waals surface area contributed by atoms with E-state index in [0.29, 0.717) is 38.2 Å². The number of benzene rings is 1. The molecule has 31 heavy (non-hydrogen) atoms. The van der Waals surface area contributed by atoms with Gasteiger partial charge >= 0.3 is 0 Å². The van der Waals surface area contributed by atoms with Gasteiger partial charge in [-0.25, -0.2) is 0 Å². The molecule has 4 rings (SSSR count). The number of piperidine rings is 2. The van der Waals surface area contributed by atoms with Crippen molar-refractivity contribution in [1.29, 1.82) is 0 Å². The van der Waals surface area contributed by atoms with Crippen molar-refractivity contribution in [2.75, 3.05) is 26.2 Å². The third-order valence-electron chi connectivity index (χ3n) is 6.59. The van der Waals surface area contributed by atoms with Crippen LogP contribution in [-0.4, -0.2) is 47.8 Å². The highest BCUT2D eigenvalue weighted by Gasteiger charge is 2.28. The first-order chi connectivity index (χ1) is 15.1. The van der Waals surface area contributed by atoms with Crippen LogP contribution < -0.4 is 5.32 Å². The van der Waals surface area contributed by atoms with Gasteiger partial charge in [-0.15, -0.1) is 0 Å². The Kier molecular flexibility index (Phi) is 7.07. The van der Waals surface area contributed by atoms with Crippen LogP contribution in [0.3, 0.4) is 0 Å². The molecule has 2 aromatic rings. The van der Waals surface area contributed by atoms with E-state index in [1.165, 1.54) is 30.2 Å². The molecule has 0 radical (unpaired) electrons. The summed E-state index contributed by atoms with van der Waals surface area (Å²) in [4.78, 5) is 29.5. The van der Waals surface area contributed by atoms with E-state index in [0.717, 1.165) is 25.6 Å². The number of amides is 2. The van der Waals surface area contributed by atoms with Gasteiger partial charge in [0.15, 0.2) is 5.76 Å². The molecule has 1 N–H and O–H groups in total. The van der Waals surface area contributed by atoms with Crippen molar-refractivity contribution in [2.24, 2.45) is 11.8 Å². The molecule has 2 amide bonds. The van der Waals surface area contributed by atoms with E-state index in [-0.39, 0.29) is 17.7 Å². The number of rotatable bonds is 6. The number of nitrogens with one attached hydrogen (secondary N) is 1. The molecule has 166 valence electrons. The lowest BCUT2D eigenvalue weighted by molar-refractivity contribution is -0.126. The first kappa shape index (κ1) is 21.6. The monoisotopic (exact) mass is 423 g/mol. The average Bonchev–Trinajstić information content (AvgIpc) is 3.33. The SMILES string of the molecule is CC1CCCN(Cc2ccccc2CNC(=O)C2CCN(C(=O)c3ccco3)CC2)C1. The standard InChI is InChI=1S/C25H33N3O3/c1-19-6-4-12-27(17-19)18-22-8-3-2-7-21(22)16-26-24(29)20-10-13-28(14-11-20)25(30)23-9-5-15-31-23/h2-3,5,7-9,15,19-20H,4,6,10-14,16-18H2,1H3,(H,26,29). The third kappa shape index (κ3) is 5.56. The Labute approximate surface area is 184 Å². The molecule has 6 heteroatoms. The predicted molar refractivity (Wildman–Crippen MR) is 119 cm³/mol. The van der Waals surface area contributed by atoms with Crippen molar-refractivity contribution < 1.29 is 14.0 Å². The zero-order valence-electron chi connectivity index (χ0n) is 18.4. The second-order valence-electron chi connectivity index (χ2n) is 9.01. The Morgan fingerprint density at radius 1 is 1.03 bits per heavy atom. The van der Waals surface area contributed by atoms with E-state index in [1.807, 2.05) is 6.07 Å². The van der Waals surface area contributed by atoms with Gasteiger partial charge in [-0.2, -0.15) is 0 Å². The summed E-state index contributed by atoms with van der Waals surface area (Å²) in [7, 11) is 0. The second-order valence-corrected chi connectivity index (χ2v) is 9.01. The molecule has 0 spiro atoms. The van der Waals surface area contributed by atoms with Crippen molar-refractivity contribution >= 4 is 11.8 Å². The fourth-order valence-corrected chi connectivity index (χ4v) is 4.78. The lowest BCUT2D eigenvalue weighted by Crippen LogP contribution is -2.42. The smallest absolute Gasteiger partial charge is 0.289 e. The highest BCUT2D eigenvalue weighted by Crippen LogP contribution is 2.21. The summed E-state index contributed by atoms with van der Waals surface area (Å²) in [5.41, 5.74) is 2.50. The van der Waals surface area contributed by atoms with Crippen LogP contribution >= 0.6 is 0 Å². The molecule has 1 aromatic heterocycles. The number of nitrogens with zero attached hydrogens (tertiary/aromatic N) is 2. The zero-order valence-corrected chi connectivity index (χ0v) is 18.4. The molecule has 2 aliphatic heterocycles. The van der Waals surface area contributed by atoms with Crippen molar-refractivity contribution in [3.05, 3.63) is 59.5 Å². The summed E-state index contributed by atoms with van der Waals surface area (Å²) < 4.78 is 5.21. The van der Waals surface area contributed by atoms with E-state index in [2.05, 4.69) is 35.3 Å². The zero-order chi connectivity index (χ0) is 21.6. The van der Waals surface area contributed by atoms with Crippen LogP contribution in [-0.2, 0) is 17.9 Å². The fraction of sp³-hybridized carbons (Fsp3) is 0.520. The van der Waals surface area contributed by atoms with Crippen LogP contribution in [0.5, 0.6) is 0 Å². The highest BCUT2D eigenvalue weighted by atomic mass is 16.3. The maximum absolute atomic E-state index is 12.8. The summed E-state index contributed by atoms with van der Waals surface area (Å²) in [5, 5.41) is 3.15. The topological polar surface area (TPSA) is 65.8 Å². The predicted octanol–water partition coefficient (Wildman–Crippen LogP) is 3.68. The number of carbonyl (C=O) groups excluding carboxylic acids is 2. The molecule has 0 saturated carbocycles. The van der Waals surface area contributed by atoms with Gasteiger partial charge in [0.25, 0.3) is 5.91 Å². The van der Waals surface area contributed by atoms with Crippen molar-refractivity contribution in [3.63, 3.8) is 0 Å². The Hall–Kier alpha value is -2.60. The first-order valence-corrected chi connectivity index (χ1v) is 11.5. The molecule has 0 aliphatic carbocycles. The van der Waals surface area contributed by atoms with Crippen LogP contribution in [0.15, 0.2) is 47.1 Å². The van der Waals surface area contributed by atoms with Crippen molar-refractivity contribution in [1.82, 2.24) is 15.1 Å². The van der Waals surface area contributed by atoms with Crippen LogP contribution in [0.2, 0.25) is 0 Å². The summed E-state index contributed by atoms with van der Waals surface area (Å²) in [6.07, 6.45) is 5.47. The molecule has 1 unspecified atom stereocenters. The van der Waals surface area contributed by atoms with Gasteiger partial charge in [-0.1, -0.05) is 31.2 Å². The minimum Gasteiger partial charge on any atom is -0.459 e. The van der Waals surface area contributed by atoms with Gasteiger partial charge in [-0.3, -0.25) is 14.5 Å². The normalized spacial score (nSPS) is 20.5. The molecule has 0 bridgehead atoms. The van der Waals surface area contributed by atoms with Gasteiger partial charge in [0.2, 0.25) is 5.91 Å². The lowest BCUT2D eigenvalue weighted by atomic mass is 9.95. The van der Waals surface area contributed by atoms with Crippen LogP contribution in [0.1, 0.15) is 54.3 Å². The van der Waals surface area contributed by atoms with Crippen LogP contribution in [0.25, 0.3) is 0 Å². The minimum absolute atomic E-state index is 0.0456. The molecular formula is C25H33N3O3. The largest absolute Gasteiger partial charge is 0.459 e. The second kappa shape index (κ2) is 10.1. The number of likely N-dealkylation sites (tertiary alicyclic amines) is 2. The van der Waals surface area contributed by atoms with E-state index >= 15 is 0 Å². The van der Waals surface area contributed by atoms with Gasteiger partial charge in [0, 0.05) is 38.6 Å². The molecule has 6 nitrogen and oxygen atoms in total. The first-order valence-electron chi connectivity index (χ1n) is 11.5. The van der Waals surface area contributed by atoms with Gasteiger partial charge in [-0.05, 0) is 61.4 Å². The average molecular weight is 424 g/mol. The van der Waals surface area contributed by atoms with Crippen LogP contribution in [0.4, 0.5) is 0 Å².